The molecule has 1 aromatic carbocycles. The van der Waals surface area contributed by atoms with Crippen LogP contribution in [0.2, 0.25) is 0 Å². The first kappa shape index (κ1) is 17.3. The lowest BCUT2D eigenvalue weighted by Crippen LogP contribution is -2.33. The molecule has 0 saturated carbocycles. The molecule has 0 aliphatic rings. The number of benzene rings is 1. The maximum Gasteiger partial charge on any atom is 0.262 e. The van der Waals surface area contributed by atoms with E-state index in [1.165, 1.54) is 34.4 Å². The van der Waals surface area contributed by atoms with Crippen LogP contribution < -0.4 is 10.9 Å². The van der Waals surface area contributed by atoms with Gasteiger partial charge in [0.15, 0.2) is 0 Å². The Morgan fingerprint density at radius 3 is 2.72 bits per heavy atom. The molecule has 2 aromatic heterocycles. The van der Waals surface area contributed by atoms with E-state index in [2.05, 4.69) is 10.3 Å². The molecule has 0 saturated heterocycles. The van der Waals surface area contributed by atoms with Crippen LogP contribution in [0.25, 0.3) is 10.2 Å². The lowest BCUT2D eigenvalue weighted by Gasteiger charge is -2.07. The molecule has 0 bridgehead atoms. The molecule has 5 nitrogen and oxygen atoms in total. The van der Waals surface area contributed by atoms with Crippen LogP contribution in [0.15, 0.2) is 35.4 Å². The smallest absolute Gasteiger partial charge is 0.262 e. The number of hydrogen-bond acceptors (Lipinski definition) is 4. The Morgan fingerprint density at radius 2 is 2.00 bits per heavy atom. The zero-order chi connectivity index (χ0) is 18.0. The monoisotopic (exact) mass is 359 g/mol. The average molecular weight is 359 g/mol. The van der Waals surface area contributed by atoms with E-state index in [1.807, 2.05) is 13.8 Å². The first-order valence-corrected chi connectivity index (χ1v) is 8.73. The molecular weight excluding hydrogens is 341 g/mol. The van der Waals surface area contributed by atoms with Crippen molar-refractivity contribution in [3.8, 4) is 0 Å². The van der Waals surface area contributed by atoms with Gasteiger partial charge in [-0.05, 0) is 43.5 Å². The SMILES string of the molecule is Cc1sc2ncn(CC(=O)NCCc3ccc(F)cc3)c(=O)c2c1C. The molecule has 2 heterocycles. The van der Waals surface area contributed by atoms with Gasteiger partial charge in [0.2, 0.25) is 5.91 Å². The molecule has 0 aliphatic carbocycles. The summed E-state index contributed by atoms with van der Waals surface area (Å²) in [5, 5.41) is 3.36. The second-order valence-corrected chi connectivity index (χ2v) is 7.07. The van der Waals surface area contributed by atoms with Crippen molar-refractivity contribution in [3.05, 3.63) is 62.8 Å². The highest BCUT2D eigenvalue weighted by molar-refractivity contribution is 7.18. The average Bonchev–Trinajstić information content (AvgIpc) is 2.87. The fourth-order valence-corrected chi connectivity index (χ4v) is 3.58. The van der Waals surface area contributed by atoms with Crippen LogP contribution in [0.1, 0.15) is 16.0 Å². The molecular formula is C18H18FN3O2S. The van der Waals surface area contributed by atoms with Crippen molar-refractivity contribution >= 4 is 27.5 Å². The second kappa shape index (κ2) is 7.14. The number of amides is 1. The Hall–Kier alpha value is -2.54. The third-order valence-corrected chi connectivity index (χ3v) is 5.23. The summed E-state index contributed by atoms with van der Waals surface area (Å²) in [7, 11) is 0. The molecule has 0 radical (unpaired) electrons. The van der Waals surface area contributed by atoms with Crippen LogP contribution in [0.5, 0.6) is 0 Å². The minimum atomic E-state index is -0.283. The van der Waals surface area contributed by atoms with Gasteiger partial charge in [-0.3, -0.25) is 14.2 Å². The predicted octanol–water partition coefficient (Wildman–Crippen LogP) is 2.57. The lowest BCUT2D eigenvalue weighted by atomic mass is 10.1. The summed E-state index contributed by atoms with van der Waals surface area (Å²) in [6.07, 6.45) is 2.01. The Morgan fingerprint density at radius 1 is 1.28 bits per heavy atom. The highest BCUT2D eigenvalue weighted by atomic mass is 32.1. The number of fused-ring (bicyclic) bond motifs is 1. The minimum absolute atomic E-state index is 0.0699. The zero-order valence-electron chi connectivity index (χ0n) is 14.0. The first-order chi connectivity index (χ1) is 12.0. The maximum absolute atomic E-state index is 12.9. The second-order valence-electron chi connectivity index (χ2n) is 5.87. The number of rotatable bonds is 5. The molecule has 0 spiro atoms. The van der Waals surface area contributed by atoms with Gasteiger partial charge in [0, 0.05) is 11.4 Å². The topological polar surface area (TPSA) is 64.0 Å². The van der Waals surface area contributed by atoms with Gasteiger partial charge in [-0.1, -0.05) is 12.1 Å². The summed E-state index contributed by atoms with van der Waals surface area (Å²) in [6, 6.07) is 6.16. The Labute approximate surface area is 148 Å². The summed E-state index contributed by atoms with van der Waals surface area (Å²) in [5.74, 6) is -0.538. The van der Waals surface area contributed by atoms with Crippen molar-refractivity contribution in [1.29, 1.82) is 0 Å². The maximum atomic E-state index is 12.9. The summed E-state index contributed by atoms with van der Waals surface area (Å²) in [4.78, 5) is 30.7. The van der Waals surface area contributed by atoms with E-state index in [4.69, 9.17) is 0 Å². The number of halogens is 1. The van der Waals surface area contributed by atoms with Gasteiger partial charge < -0.3 is 5.32 Å². The van der Waals surface area contributed by atoms with E-state index < -0.39 is 0 Å². The largest absolute Gasteiger partial charge is 0.354 e. The molecule has 0 fully saturated rings. The predicted molar refractivity (Wildman–Crippen MR) is 96.5 cm³/mol. The number of nitrogens with one attached hydrogen (secondary N) is 1. The number of nitrogens with zero attached hydrogens (tertiary/aromatic N) is 2. The molecule has 0 unspecified atom stereocenters. The van der Waals surface area contributed by atoms with Gasteiger partial charge in [0.05, 0.1) is 11.7 Å². The van der Waals surface area contributed by atoms with Crippen molar-refractivity contribution < 1.29 is 9.18 Å². The van der Waals surface area contributed by atoms with Gasteiger partial charge in [-0.2, -0.15) is 0 Å². The van der Waals surface area contributed by atoms with Gasteiger partial charge in [0.25, 0.3) is 5.56 Å². The van der Waals surface area contributed by atoms with Gasteiger partial charge >= 0.3 is 0 Å². The molecule has 130 valence electrons. The van der Waals surface area contributed by atoms with E-state index in [9.17, 15) is 14.0 Å². The standard InChI is InChI=1S/C18H18FN3O2S/c1-11-12(2)25-17-16(11)18(24)22(10-21-17)9-15(23)20-8-7-13-3-5-14(19)6-4-13/h3-6,10H,7-9H2,1-2H3,(H,20,23). The van der Waals surface area contributed by atoms with Crippen LogP contribution in [-0.2, 0) is 17.8 Å². The Balaban J connectivity index is 1.64. The van der Waals surface area contributed by atoms with Crippen molar-refractivity contribution in [2.75, 3.05) is 6.54 Å². The van der Waals surface area contributed by atoms with Crippen LogP contribution in [0.3, 0.4) is 0 Å². The fourth-order valence-electron chi connectivity index (χ4n) is 2.59. The molecule has 7 heteroatoms. The summed E-state index contributed by atoms with van der Waals surface area (Å²) >= 11 is 1.48. The van der Waals surface area contributed by atoms with E-state index >= 15 is 0 Å². The van der Waals surface area contributed by atoms with Gasteiger partial charge in [0.1, 0.15) is 17.2 Å². The van der Waals surface area contributed by atoms with Gasteiger partial charge in [-0.25, -0.2) is 9.37 Å². The Kier molecular flexibility index (Phi) is 4.94. The molecule has 1 amide bonds. The van der Waals surface area contributed by atoms with Crippen molar-refractivity contribution in [2.45, 2.75) is 26.8 Å². The molecule has 0 aliphatic heterocycles. The van der Waals surface area contributed by atoms with Crippen LogP contribution in [0, 0.1) is 19.7 Å². The summed E-state index contributed by atoms with van der Waals surface area (Å²) in [6.45, 7) is 4.20. The number of carbonyl (C=O) groups excluding carboxylic acids is 1. The van der Waals surface area contributed by atoms with Crippen LogP contribution in [-0.4, -0.2) is 22.0 Å². The highest BCUT2D eigenvalue weighted by Crippen LogP contribution is 2.25. The van der Waals surface area contributed by atoms with Crippen LogP contribution >= 0.6 is 11.3 Å². The molecule has 3 aromatic rings. The first-order valence-electron chi connectivity index (χ1n) is 7.92. The number of carbonyl (C=O) groups is 1. The number of aryl methyl sites for hydroxylation is 2. The van der Waals surface area contributed by atoms with Crippen molar-refractivity contribution in [1.82, 2.24) is 14.9 Å². The third kappa shape index (κ3) is 3.76. The highest BCUT2D eigenvalue weighted by Gasteiger charge is 2.13. The fraction of sp³-hybridized carbons (Fsp3) is 0.278. The number of aromatic nitrogens is 2. The van der Waals surface area contributed by atoms with E-state index in [0.717, 1.165) is 16.0 Å². The van der Waals surface area contributed by atoms with Crippen molar-refractivity contribution in [3.63, 3.8) is 0 Å². The molecule has 3 rings (SSSR count). The van der Waals surface area contributed by atoms with Crippen LogP contribution in [0.4, 0.5) is 4.39 Å². The molecule has 0 atom stereocenters. The molecule has 25 heavy (non-hydrogen) atoms. The van der Waals surface area contributed by atoms with E-state index in [1.54, 1.807) is 12.1 Å². The van der Waals surface area contributed by atoms with Crippen molar-refractivity contribution in [2.24, 2.45) is 0 Å². The Bertz CT molecular complexity index is 976. The number of thiophene rings is 1. The minimum Gasteiger partial charge on any atom is -0.354 e. The van der Waals surface area contributed by atoms with E-state index in [0.29, 0.717) is 23.2 Å². The summed E-state index contributed by atoms with van der Waals surface area (Å²) in [5.41, 5.74) is 1.66. The zero-order valence-corrected chi connectivity index (χ0v) is 14.8. The quantitative estimate of drug-likeness (QED) is 0.761. The number of hydrogen-bond donors (Lipinski definition) is 1. The molecule has 1 N–H and O–H groups in total. The third-order valence-electron chi connectivity index (χ3n) is 4.12. The normalized spacial score (nSPS) is 11.0. The van der Waals surface area contributed by atoms with Gasteiger partial charge in [-0.15, -0.1) is 11.3 Å². The van der Waals surface area contributed by atoms with E-state index in [-0.39, 0.29) is 23.8 Å². The summed E-state index contributed by atoms with van der Waals surface area (Å²) < 4.78 is 14.2. The lowest BCUT2D eigenvalue weighted by molar-refractivity contribution is -0.121.